The van der Waals surface area contributed by atoms with Gasteiger partial charge in [-0.15, -0.1) is 0 Å². The Hall–Kier alpha value is -1.95. The normalized spacial score (nSPS) is 26.6. The zero-order chi connectivity index (χ0) is 14.2. The summed E-state index contributed by atoms with van der Waals surface area (Å²) in [6.07, 6.45) is 7.07. The van der Waals surface area contributed by atoms with Gasteiger partial charge in [0.15, 0.2) is 11.3 Å². The van der Waals surface area contributed by atoms with Gasteiger partial charge in [0.2, 0.25) is 0 Å². The van der Waals surface area contributed by atoms with E-state index < -0.39 is 5.54 Å². The number of nitrogens with zero attached hydrogens (tertiary/aromatic N) is 2. The molecule has 0 saturated heterocycles. The number of hydrogen-bond donors (Lipinski definition) is 2. The second-order valence-electron chi connectivity index (χ2n) is 5.70. The molecule has 1 saturated carbocycles. The predicted octanol–water partition coefficient (Wildman–Crippen LogP) is 1.79. The van der Waals surface area contributed by atoms with Gasteiger partial charge in [0.1, 0.15) is 5.56 Å². The summed E-state index contributed by atoms with van der Waals surface area (Å²) in [7, 11) is 0. The Balaban J connectivity index is 1.94. The van der Waals surface area contributed by atoms with Crippen LogP contribution >= 0.6 is 0 Å². The molecule has 6 heteroatoms. The van der Waals surface area contributed by atoms with Crippen LogP contribution in [-0.2, 0) is 5.54 Å². The molecule has 106 valence electrons. The summed E-state index contributed by atoms with van der Waals surface area (Å²) in [6.45, 7) is 2.18. The van der Waals surface area contributed by atoms with Gasteiger partial charge in [-0.2, -0.15) is 4.98 Å². The lowest BCUT2D eigenvalue weighted by Crippen LogP contribution is -2.42. The molecular formula is C14H18N4O2. The highest BCUT2D eigenvalue weighted by Gasteiger charge is 2.37. The van der Waals surface area contributed by atoms with E-state index in [4.69, 9.17) is 10.3 Å². The van der Waals surface area contributed by atoms with E-state index >= 15 is 0 Å². The van der Waals surface area contributed by atoms with Crippen molar-refractivity contribution in [1.29, 1.82) is 0 Å². The van der Waals surface area contributed by atoms with Crippen molar-refractivity contribution in [3.63, 3.8) is 0 Å². The summed E-state index contributed by atoms with van der Waals surface area (Å²) in [4.78, 5) is 19.0. The van der Waals surface area contributed by atoms with Gasteiger partial charge < -0.3 is 15.2 Å². The van der Waals surface area contributed by atoms with E-state index in [-0.39, 0.29) is 11.3 Å². The quantitative estimate of drug-likeness (QED) is 0.870. The molecule has 0 aliphatic heterocycles. The molecule has 2 unspecified atom stereocenters. The topological polar surface area (TPSA) is 97.8 Å². The molecule has 0 aromatic carbocycles. The average molecular weight is 274 g/mol. The highest BCUT2D eigenvalue weighted by Crippen LogP contribution is 2.36. The third kappa shape index (κ3) is 2.27. The highest BCUT2D eigenvalue weighted by atomic mass is 16.5. The number of H-pyrrole nitrogens is 1. The minimum Gasteiger partial charge on any atom is -0.367 e. The van der Waals surface area contributed by atoms with Crippen molar-refractivity contribution in [3.8, 4) is 11.5 Å². The maximum Gasteiger partial charge on any atom is 0.263 e. The van der Waals surface area contributed by atoms with Gasteiger partial charge in [-0.1, -0.05) is 24.9 Å². The minimum absolute atomic E-state index is 0.151. The second kappa shape index (κ2) is 4.86. The number of pyridine rings is 1. The van der Waals surface area contributed by atoms with Gasteiger partial charge >= 0.3 is 0 Å². The van der Waals surface area contributed by atoms with E-state index in [1.807, 2.05) is 0 Å². The Kier molecular flexibility index (Phi) is 3.17. The molecule has 6 nitrogen and oxygen atoms in total. The first-order chi connectivity index (χ1) is 9.58. The SMILES string of the molecule is CC1CCCC(N)(c2noc(-c3c[nH]ccc3=O)n2)C1. The lowest BCUT2D eigenvalue weighted by atomic mass is 9.76. The Morgan fingerprint density at radius 2 is 2.40 bits per heavy atom. The van der Waals surface area contributed by atoms with Crippen LogP contribution < -0.4 is 11.2 Å². The molecule has 20 heavy (non-hydrogen) atoms. The number of aromatic amines is 1. The second-order valence-corrected chi connectivity index (χ2v) is 5.70. The van der Waals surface area contributed by atoms with E-state index in [1.54, 1.807) is 12.4 Å². The van der Waals surface area contributed by atoms with Crippen LogP contribution in [0.5, 0.6) is 0 Å². The molecule has 1 fully saturated rings. The molecule has 0 spiro atoms. The molecule has 0 radical (unpaired) electrons. The van der Waals surface area contributed by atoms with Crippen LogP contribution in [-0.4, -0.2) is 15.1 Å². The predicted molar refractivity (Wildman–Crippen MR) is 73.9 cm³/mol. The van der Waals surface area contributed by atoms with Crippen LogP contribution in [0.4, 0.5) is 0 Å². The van der Waals surface area contributed by atoms with Crippen molar-refractivity contribution in [2.45, 2.75) is 38.1 Å². The molecule has 0 bridgehead atoms. The highest BCUT2D eigenvalue weighted by molar-refractivity contribution is 5.50. The maximum absolute atomic E-state index is 11.8. The first-order valence-corrected chi connectivity index (χ1v) is 6.89. The van der Waals surface area contributed by atoms with Crippen molar-refractivity contribution >= 4 is 0 Å². The number of rotatable bonds is 2. The van der Waals surface area contributed by atoms with Crippen molar-refractivity contribution in [2.24, 2.45) is 11.7 Å². The standard InChI is InChI=1S/C14H18N4O2/c1-9-3-2-5-14(15,7-9)13-17-12(20-18-13)10-8-16-6-4-11(10)19/h4,6,8-9H,2-3,5,7,15H2,1H3,(H,16,19). The molecule has 3 rings (SSSR count). The van der Waals surface area contributed by atoms with Crippen LogP contribution in [0.15, 0.2) is 27.8 Å². The Morgan fingerprint density at radius 3 is 3.15 bits per heavy atom. The fraction of sp³-hybridized carbons (Fsp3) is 0.500. The summed E-state index contributed by atoms with van der Waals surface area (Å²) in [6, 6.07) is 1.43. The number of nitrogens with one attached hydrogen (secondary N) is 1. The smallest absolute Gasteiger partial charge is 0.263 e. The van der Waals surface area contributed by atoms with Gasteiger partial charge in [-0.25, -0.2) is 0 Å². The van der Waals surface area contributed by atoms with Crippen LogP contribution in [0.25, 0.3) is 11.5 Å². The third-order valence-electron chi connectivity index (χ3n) is 3.96. The Labute approximate surface area is 116 Å². The molecule has 0 amide bonds. The van der Waals surface area contributed by atoms with E-state index in [2.05, 4.69) is 22.0 Å². The first-order valence-electron chi connectivity index (χ1n) is 6.89. The van der Waals surface area contributed by atoms with Gasteiger partial charge in [0.05, 0.1) is 5.54 Å². The van der Waals surface area contributed by atoms with Crippen molar-refractivity contribution in [1.82, 2.24) is 15.1 Å². The van der Waals surface area contributed by atoms with E-state index in [0.717, 1.165) is 19.3 Å². The van der Waals surface area contributed by atoms with Gasteiger partial charge in [0, 0.05) is 18.5 Å². The summed E-state index contributed by atoms with van der Waals surface area (Å²) < 4.78 is 5.22. The third-order valence-corrected chi connectivity index (χ3v) is 3.96. The number of nitrogens with two attached hydrogens (primary N) is 1. The van der Waals surface area contributed by atoms with E-state index in [9.17, 15) is 4.79 Å². The zero-order valence-corrected chi connectivity index (χ0v) is 11.4. The van der Waals surface area contributed by atoms with Crippen molar-refractivity contribution in [3.05, 3.63) is 34.5 Å². The molecule has 1 aliphatic rings. The maximum atomic E-state index is 11.8. The van der Waals surface area contributed by atoms with Gasteiger partial charge in [-0.05, 0) is 18.8 Å². The summed E-state index contributed by atoms with van der Waals surface area (Å²) in [5.41, 5.74) is 6.11. The lowest BCUT2D eigenvalue weighted by Gasteiger charge is -2.33. The van der Waals surface area contributed by atoms with Crippen molar-refractivity contribution in [2.75, 3.05) is 0 Å². The van der Waals surface area contributed by atoms with Gasteiger partial charge in [-0.3, -0.25) is 4.79 Å². The minimum atomic E-state index is -0.541. The Bertz CT molecular complexity index is 663. The lowest BCUT2D eigenvalue weighted by molar-refractivity contribution is 0.222. The molecule has 2 heterocycles. The summed E-state index contributed by atoms with van der Waals surface area (Å²) >= 11 is 0. The van der Waals surface area contributed by atoms with Crippen molar-refractivity contribution < 1.29 is 4.52 Å². The fourth-order valence-electron chi connectivity index (χ4n) is 2.91. The average Bonchev–Trinajstić information content (AvgIpc) is 2.89. The number of aromatic nitrogens is 3. The van der Waals surface area contributed by atoms with E-state index in [1.165, 1.54) is 12.5 Å². The van der Waals surface area contributed by atoms with Crippen LogP contribution in [0, 0.1) is 5.92 Å². The molecule has 2 aromatic heterocycles. The molecule has 2 atom stereocenters. The van der Waals surface area contributed by atoms with Crippen LogP contribution in [0.1, 0.15) is 38.4 Å². The Morgan fingerprint density at radius 1 is 1.55 bits per heavy atom. The van der Waals surface area contributed by atoms with E-state index in [0.29, 0.717) is 17.3 Å². The first kappa shape index (κ1) is 13.1. The molecule has 1 aliphatic carbocycles. The summed E-state index contributed by atoms with van der Waals surface area (Å²) in [5.74, 6) is 1.28. The zero-order valence-electron chi connectivity index (χ0n) is 11.4. The molecule has 2 aromatic rings. The molecule has 3 N–H and O–H groups in total. The van der Waals surface area contributed by atoms with Gasteiger partial charge in [0.25, 0.3) is 5.89 Å². The fourth-order valence-corrected chi connectivity index (χ4v) is 2.91. The number of hydrogen-bond acceptors (Lipinski definition) is 5. The van der Waals surface area contributed by atoms with Crippen LogP contribution in [0.2, 0.25) is 0 Å². The largest absolute Gasteiger partial charge is 0.367 e. The van der Waals surface area contributed by atoms with Crippen LogP contribution in [0.3, 0.4) is 0 Å². The summed E-state index contributed by atoms with van der Waals surface area (Å²) in [5, 5.41) is 4.00. The monoisotopic (exact) mass is 274 g/mol. The molecular weight excluding hydrogens is 256 g/mol.